The summed E-state index contributed by atoms with van der Waals surface area (Å²) in [6.45, 7) is 10.6. The molecule has 8 nitrogen and oxygen atoms in total. The molecule has 0 aliphatic carbocycles. The average molecular weight is 524 g/mol. The first-order valence-electron chi connectivity index (χ1n) is 12.8. The van der Waals surface area contributed by atoms with Gasteiger partial charge in [0.1, 0.15) is 18.1 Å². The highest BCUT2D eigenvalue weighted by molar-refractivity contribution is 6.60. The Morgan fingerprint density at radius 1 is 0.946 bits per heavy atom. The largest absolute Gasteiger partial charge is 0.500 e. The highest BCUT2D eigenvalue weighted by Gasteiger charge is 2.39. The van der Waals surface area contributed by atoms with Gasteiger partial charge in [-0.1, -0.05) is 41.1 Å². The zero-order chi connectivity index (χ0) is 26.5. The molecular formula is C28H37N3O5Si. The average Bonchev–Trinajstić information content (AvgIpc) is 3.35. The summed E-state index contributed by atoms with van der Waals surface area (Å²) in [5, 5.41) is 8.40. The van der Waals surface area contributed by atoms with Crippen LogP contribution in [-0.4, -0.2) is 49.4 Å². The molecule has 3 aromatic rings. The minimum Gasteiger partial charge on any atom is -0.487 e. The van der Waals surface area contributed by atoms with E-state index < -0.39 is 8.80 Å². The number of rotatable bonds is 16. The normalized spacial score (nSPS) is 11.8. The number of carbonyl (C=O) groups excluding carboxylic acids is 1. The molecule has 0 radical (unpaired) electrons. The number of benzene rings is 2. The highest BCUT2D eigenvalue weighted by atomic mass is 28.4. The van der Waals surface area contributed by atoms with Crippen molar-refractivity contribution in [3.63, 3.8) is 0 Å². The van der Waals surface area contributed by atoms with Gasteiger partial charge in [-0.15, -0.1) is 5.10 Å². The van der Waals surface area contributed by atoms with Crippen molar-refractivity contribution in [2.75, 3.05) is 19.8 Å². The molecule has 0 atom stereocenters. The Morgan fingerprint density at radius 3 is 2.22 bits per heavy atom. The summed E-state index contributed by atoms with van der Waals surface area (Å²) in [5.41, 5.74) is 3.51. The number of nitrogens with zero attached hydrogens (tertiary/aromatic N) is 3. The van der Waals surface area contributed by atoms with Crippen LogP contribution in [0.1, 0.15) is 54.4 Å². The van der Waals surface area contributed by atoms with Crippen LogP contribution in [0.2, 0.25) is 6.04 Å². The van der Waals surface area contributed by atoms with Gasteiger partial charge in [0.25, 0.3) is 0 Å². The van der Waals surface area contributed by atoms with E-state index in [0.29, 0.717) is 37.7 Å². The van der Waals surface area contributed by atoms with Crippen molar-refractivity contribution in [2.45, 2.75) is 53.3 Å². The second-order valence-corrected chi connectivity index (χ2v) is 11.2. The third-order valence-electron chi connectivity index (χ3n) is 5.58. The van der Waals surface area contributed by atoms with Crippen LogP contribution < -0.4 is 4.74 Å². The van der Waals surface area contributed by atoms with E-state index in [4.69, 9.17) is 18.0 Å². The van der Waals surface area contributed by atoms with Crippen LogP contribution in [0.4, 0.5) is 0 Å². The summed E-state index contributed by atoms with van der Waals surface area (Å²) >= 11 is 0. The Bertz CT molecular complexity index is 1110. The maximum absolute atomic E-state index is 12.5. The van der Waals surface area contributed by atoms with E-state index in [2.05, 4.69) is 10.3 Å². The van der Waals surface area contributed by atoms with Gasteiger partial charge in [-0.2, -0.15) is 0 Å². The van der Waals surface area contributed by atoms with Crippen LogP contribution in [0.3, 0.4) is 0 Å². The van der Waals surface area contributed by atoms with Gasteiger partial charge in [-0.3, -0.25) is 9.48 Å². The quantitative estimate of drug-likeness (QED) is 0.139. The zero-order valence-electron chi connectivity index (χ0n) is 22.2. The fourth-order valence-electron chi connectivity index (χ4n) is 3.79. The van der Waals surface area contributed by atoms with E-state index in [0.717, 1.165) is 23.7 Å². The number of ether oxygens (including phenoxy) is 1. The molecule has 1 aromatic heterocycles. The van der Waals surface area contributed by atoms with Gasteiger partial charge in [0, 0.05) is 38.0 Å². The van der Waals surface area contributed by atoms with Crippen molar-refractivity contribution >= 4 is 20.7 Å². The summed E-state index contributed by atoms with van der Waals surface area (Å²) in [5.74, 6) is 0.606. The first kappa shape index (κ1) is 28.5. The molecule has 0 spiro atoms. The van der Waals surface area contributed by atoms with Crippen LogP contribution in [0.25, 0.3) is 6.08 Å². The SMILES string of the molecule is CCO[Si](CCCn1cc(COc2ccc(C(=O)/C=C/c3ccc(C)cc3)cc2)nn1)(OCC)OCC. The Hall–Kier alpha value is -3.11. The van der Waals surface area contributed by atoms with Crippen molar-refractivity contribution in [1.29, 1.82) is 0 Å². The molecule has 0 aliphatic rings. The summed E-state index contributed by atoms with van der Waals surface area (Å²) < 4.78 is 25.4. The van der Waals surface area contributed by atoms with Gasteiger partial charge in [0.2, 0.25) is 0 Å². The van der Waals surface area contributed by atoms with E-state index in [1.54, 1.807) is 35.0 Å². The lowest BCUT2D eigenvalue weighted by Gasteiger charge is -2.28. The molecule has 0 saturated carbocycles. The molecule has 9 heteroatoms. The van der Waals surface area contributed by atoms with E-state index in [1.807, 2.05) is 64.2 Å². The molecule has 0 saturated heterocycles. The number of aromatic nitrogens is 3. The summed E-state index contributed by atoms with van der Waals surface area (Å²) in [6, 6.07) is 15.8. The number of ketones is 1. The lowest BCUT2D eigenvalue weighted by Crippen LogP contribution is -2.46. The van der Waals surface area contributed by atoms with Crippen LogP contribution in [-0.2, 0) is 26.4 Å². The molecule has 0 fully saturated rings. The highest BCUT2D eigenvalue weighted by Crippen LogP contribution is 2.19. The molecule has 2 aromatic carbocycles. The fraction of sp³-hybridized carbons (Fsp3) is 0.393. The summed E-state index contributed by atoms with van der Waals surface area (Å²) in [6.07, 6.45) is 6.09. The molecule has 0 N–H and O–H groups in total. The summed E-state index contributed by atoms with van der Waals surface area (Å²) in [4.78, 5) is 12.5. The minimum atomic E-state index is -2.65. The van der Waals surface area contributed by atoms with Gasteiger partial charge in [-0.25, -0.2) is 0 Å². The van der Waals surface area contributed by atoms with Gasteiger partial charge in [0.05, 0.1) is 6.20 Å². The summed E-state index contributed by atoms with van der Waals surface area (Å²) in [7, 11) is -2.65. The Kier molecular flexibility index (Phi) is 11.2. The molecule has 198 valence electrons. The van der Waals surface area contributed by atoms with E-state index in [-0.39, 0.29) is 12.4 Å². The van der Waals surface area contributed by atoms with Gasteiger partial charge >= 0.3 is 8.80 Å². The Labute approximate surface area is 220 Å². The van der Waals surface area contributed by atoms with Crippen LogP contribution >= 0.6 is 0 Å². The standard InChI is InChI=1S/C28H37N3O5Si/c1-5-34-37(35-6-2,36-7-3)20-8-19-31-21-26(29-30-31)22-33-27-16-14-25(15-17-27)28(32)18-13-24-11-9-23(4)10-12-24/h9-18,21H,5-8,19-20,22H2,1-4H3/b18-13+. The van der Waals surface area contributed by atoms with Crippen molar-refractivity contribution in [3.05, 3.63) is 83.2 Å². The van der Waals surface area contributed by atoms with Gasteiger partial charge in [0.15, 0.2) is 5.78 Å². The monoisotopic (exact) mass is 523 g/mol. The second kappa shape index (κ2) is 14.6. The zero-order valence-corrected chi connectivity index (χ0v) is 23.2. The number of hydrogen-bond donors (Lipinski definition) is 0. The van der Waals surface area contributed by atoms with E-state index in [1.165, 1.54) is 5.56 Å². The fourth-order valence-corrected chi connectivity index (χ4v) is 6.38. The lowest BCUT2D eigenvalue weighted by atomic mass is 10.1. The van der Waals surface area contributed by atoms with E-state index >= 15 is 0 Å². The molecule has 0 unspecified atom stereocenters. The third-order valence-corrected chi connectivity index (χ3v) is 8.73. The lowest BCUT2D eigenvalue weighted by molar-refractivity contribution is 0.0704. The Morgan fingerprint density at radius 2 is 1.59 bits per heavy atom. The number of carbonyl (C=O) groups is 1. The van der Waals surface area contributed by atoms with Gasteiger partial charge in [-0.05, 0) is 70.0 Å². The molecule has 37 heavy (non-hydrogen) atoms. The van der Waals surface area contributed by atoms with Crippen molar-refractivity contribution in [3.8, 4) is 5.75 Å². The predicted molar refractivity (Wildman–Crippen MR) is 145 cm³/mol. The maximum Gasteiger partial charge on any atom is 0.500 e. The first-order valence-corrected chi connectivity index (χ1v) is 14.7. The molecular weight excluding hydrogens is 486 g/mol. The Balaban J connectivity index is 1.47. The van der Waals surface area contributed by atoms with Crippen molar-refractivity contribution in [2.24, 2.45) is 0 Å². The van der Waals surface area contributed by atoms with Crippen LogP contribution in [0.15, 0.2) is 60.8 Å². The first-order chi connectivity index (χ1) is 18.0. The van der Waals surface area contributed by atoms with Crippen molar-refractivity contribution < 1.29 is 22.8 Å². The maximum atomic E-state index is 12.5. The smallest absolute Gasteiger partial charge is 0.487 e. The number of allylic oxidation sites excluding steroid dienone is 1. The minimum absolute atomic E-state index is 0.0554. The van der Waals surface area contributed by atoms with Crippen LogP contribution in [0, 0.1) is 6.92 Å². The molecule has 0 bridgehead atoms. The molecule has 0 amide bonds. The number of aryl methyl sites for hydroxylation is 2. The number of hydrogen-bond acceptors (Lipinski definition) is 7. The third kappa shape index (κ3) is 9.05. The molecule has 3 rings (SSSR count). The van der Waals surface area contributed by atoms with Crippen molar-refractivity contribution in [1.82, 2.24) is 15.0 Å². The predicted octanol–water partition coefficient (Wildman–Crippen LogP) is 5.50. The van der Waals surface area contributed by atoms with E-state index in [9.17, 15) is 4.79 Å². The van der Waals surface area contributed by atoms with Gasteiger partial charge < -0.3 is 18.0 Å². The topological polar surface area (TPSA) is 84.7 Å². The molecule has 1 heterocycles. The second-order valence-electron chi connectivity index (χ2n) is 8.48. The van der Waals surface area contributed by atoms with Crippen LogP contribution in [0.5, 0.6) is 5.75 Å². The molecule has 0 aliphatic heterocycles.